The summed E-state index contributed by atoms with van der Waals surface area (Å²) in [5.74, 6) is 0.885. The predicted molar refractivity (Wildman–Crippen MR) is 87.2 cm³/mol. The minimum Gasteiger partial charge on any atom is -0.340 e. The van der Waals surface area contributed by atoms with Gasteiger partial charge in [-0.3, -0.25) is 0 Å². The van der Waals surface area contributed by atoms with Gasteiger partial charge in [0, 0.05) is 11.3 Å². The Morgan fingerprint density at radius 3 is 1.95 bits per heavy atom. The molecule has 0 saturated heterocycles. The van der Waals surface area contributed by atoms with Crippen molar-refractivity contribution in [3.05, 3.63) is 78.9 Å². The van der Waals surface area contributed by atoms with Gasteiger partial charge in [-0.1, -0.05) is 54.6 Å². The van der Waals surface area contributed by atoms with E-state index in [9.17, 15) is 0 Å². The largest absolute Gasteiger partial charge is 0.340 e. The van der Waals surface area contributed by atoms with Crippen LogP contribution in [0, 0.1) is 0 Å². The van der Waals surface area contributed by atoms with Crippen molar-refractivity contribution < 1.29 is 0 Å². The van der Waals surface area contributed by atoms with Gasteiger partial charge in [-0.25, -0.2) is 4.98 Å². The van der Waals surface area contributed by atoms with Gasteiger partial charge in [0.05, 0.1) is 5.69 Å². The molecule has 0 spiro atoms. The molecule has 0 aromatic carbocycles. The van der Waals surface area contributed by atoms with Crippen LogP contribution in [0.1, 0.15) is 0 Å². The molecule has 0 saturated carbocycles. The summed E-state index contributed by atoms with van der Waals surface area (Å²) in [5.41, 5.74) is 5.67. The molecule has 2 nitrogen and oxygen atoms in total. The lowest BCUT2D eigenvalue weighted by molar-refractivity contribution is 1.39. The minimum atomic E-state index is 0.885. The van der Waals surface area contributed by atoms with Crippen molar-refractivity contribution >= 4 is 11.5 Å². The molecule has 1 aliphatic heterocycles. The molecule has 0 unspecified atom stereocenters. The molecule has 1 heterocycles. The van der Waals surface area contributed by atoms with E-state index in [1.807, 2.05) is 30.3 Å². The van der Waals surface area contributed by atoms with Crippen molar-refractivity contribution in [3.63, 3.8) is 0 Å². The zero-order chi connectivity index (χ0) is 14.1. The van der Waals surface area contributed by atoms with E-state index in [1.165, 1.54) is 11.1 Å². The van der Waals surface area contributed by atoms with E-state index < -0.39 is 0 Å². The lowest BCUT2D eigenvalue weighted by atomic mass is 10.2. The second-order valence-electron chi connectivity index (χ2n) is 5.08. The molecule has 21 heavy (non-hydrogen) atoms. The monoisotopic (exact) mass is 270 g/mol. The van der Waals surface area contributed by atoms with Gasteiger partial charge < -0.3 is 5.32 Å². The third kappa shape index (κ3) is 2.32. The molecule has 100 valence electrons. The van der Waals surface area contributed by atoms with Gasteiger partial charge in [0.25, 0.3) is 0 Å². The quantitative estimate of drug-likeness (QED) is 0.552. The lowest BCUT2D eigenvalue weighted by Crippen LogP contribution is -1.86. The molecule has 0 aromatic rings. The van der Waals surface area contributed by atoms with Crippen LogP contribution in [0.2, 0.25) is 0 Å². The maximum atomic E-state index is 4.62. The molecule has 0 radical (unpaired) electrons. The van der Waals surface area contributed by atoms with Gasteiger partial charge in [0.2, 0.25) is 0 Å². The summed E-state index contributed by atoms with van der Waals surface area (Å²) in [6.45, 7) is 0. The van der Waals surface area contributed by atoms with Gasteiger partial charge in [-0.2, -0.15) is 0 Å². The maximum Gasteiger partial charge on any atom is 0.131 e. The van der Waals surface area contributed by atoms with Crippen molar-refractivity contribution in [1.82, 2.24) is 4.98 Å². The number of nitrogens with one attached hydrogen (secondary N) is 1. The number of anilines is 2. The Bertz CT molecular complexity index is 706. The summed E-state index contributed by atoms with van der Waals surface area (Å²) in [6, 6.07) is 26.9. The normalized spacial score (nSPS) is 10.9. The summed E-state index contributed by atoms with van der Waals surface area (Å²) in [4.78, 5) is 4.62. The first-order valence-corrected chi connectivity index (χ1v) is 7.00. The average molecular weight is 270 g/mol. The maximum absolute atomic E-state index is 4.62. The van der Waals surface area contributed by atoms with E-state index in [-0.39, 0.29) is 0 Å². The Labute approximate surface area is 123 Å². The van der Waals surface area contributed by atoms with Crippen LogP contribution in [0.25, 0.3) is 22.4 Å². The molecule has 0 amide bonds. The Kier molecular flexibility index (Phi) is 2.79. The first kappa shape index (κ1) is 11.9. The van der Waals surface area contributed by atoms with Crippen molar-refractivity contribution in [2.45, 2.75) is 0 Å². The molecule has 0 bridgehead atoms. The van der Waals surface area contributed by atoms with Gasteiger partial charge in [0.1, 0.15) is 5.82 Å². The number of rotatable bonds is 2. The summed E-state index contributed by atoms with van der Waals surface area (Å²) >= 11 is 0. The lowest BCUT2D eigenvalue weighted by Gasteiger charge is -1.97. The van der Waals surface area contributed by atoms with E-state index in [4.69, 9.17) is 0 Å². The summed E-state index contributed by atoms with van der Waals surface area (Å²) < 4.78 is 0. The first-order chi connectivity index (χ1) is 10.4. The van der Waals surface area contributed by atoms with Crippen LogP contribution in [-0.4, -0.2) is 4.98 Å². The highest BCUT2D eigenvalue weighted by Crippen LogP contribution is 2.31. The Balaban J connectivity index is 1.71. The fourth-order valence-electron chi connectivity index (χ4n) is 2.58. The van der Waals surface area contributed by atoms with Gasteiger partial charge >= 0.3 is 0 Å². The van der Waals surface area contributed by atoms with E-state index in [2.05, 4.69) is 58.8 Å². The fourth-order valence-corrected chi connectivity index (χ4v) is 2.58. The van der Waals surface area contributed by atoms with Gasteiger partial charge in [0.15, 0.2) is 0 Å². The van der Waals surface area contributed by atoms with Crippen molar-refractivity contribution in [1.29, 1.82) is 0 Å². The van der Waals surface area contributed by atoms with Gasteiger partial charge in [-0.05, 0) is 35.4 Å². The molecule has 4 rings (SSSR count). The van der Waals surface area contributed by atoms with Crippen molar-refractivity contribution in [3.8, 4) is 22.4 Å². The standard InChI is InChI=1S/C19H14N2/c1-3-7-14-11-17(12-15(14)8-4-1)20-19-13-16-9-5-2-6-10-18(16)21-19/h1-13H,(H,20,21). The SMILES string of the molecule is c1ccc2cc(Nc3cc4cccccc-4n3)cc-2cc1. The number of nitrogens with zero attached hydrogens (tertiary/aromatic N) is 1. The van der Waals surface area contributed by atoms with Gasteiger partial charge in [-0.15, -0.1) is 0 Å². The van der Waals surface area contributed by atoms with E-state index in [0.29, 0.717) is 0 Å². The molecular weight excluding hydrogens is 256 g/mol. The molecule has 2 heteroatoms. The average Bonchev–Trinajstić information content (AvgIpc) is 2.87. The predicted octanol–water partition coefficient (Wildman–Crippen LogP) is 5.03. The second-order valence-corrected chi connectivity index (χ2v) is 5.08. The summed E-state index contributed by atoms with van der Waals surface area (Å²) in [6.07, 6.45) is 0. The van der Waals surface area contributed by atoms with Crippen LogP contribution in [-0.2, 0) is 0 Å². The smallest absolute Gasteiger partial charge is 0.131 e. The van der Waals surface area contributed by atoms with Crippen LogP contribution in [0.5, 0.6) is 0 Å². The summed E-state index contributed by atoms with van der Waals surface area (Å²) in [7, 11) is 0. The minimum absolute atomic E-state index is 0.885. The first-order valence-electron chi connectivity index (χ1n) is 7.00. The number of aromatic nitrogens is 1. The van der Waals surface area contributed by atoms with Crippen LogP contribution >= 0.6 is 0 Å². The highest BCUT2D eigenvalue weighted by atomic mass is 15.0. The van der Waals surface area contributed by atoms with E-state index >= 15 is 0 Å². The Morgan fingerprint density at radius 1 is 0.619 bits per heavy atom. The van der Waals surface area contributed by atoms with Crippen molar-refractivity contribution in [2.24, 2.45) is 0 Å². The zero-order valence-corrected chi connectivity index (χ0v) is 11.5. The third-order valence-corrected chi connectivity index (χ3v) is 3.58. The molecule has 1 N–H and O–H groups in total. The third-order valence-electron chi connectivity index (χ3n) is 3.58. The van der Waals surface area contributed by atoms with Crippen molar-refractivity contribution in [2.75, 3.05) is 5.32 Å². The zero-order valence-electron chi connectivity index (χ0n) is 11.5. The van der Waals surface area contributed by atoms with E-state index in [1.54, 1.807) is 0 Å². The summed E-state index contributed by atoms with van der Waals surface area (Å²) in [5, 5.41) is 3.39. The molecule has 0 aromatic heterocycles. The topological polar surface area (TPSA) is 24.9 Å². The molecule has 3 aliphatic carbocycles. The highest BCUT2D eigenvalue weighted by molar-refractivity contribution is 5.78. The Morgan fingerprint density at radius 2 is 1.24 bits per heavy atom. The number of hydrogen-bond acceptors (Lipinski definition) is 2. The highest BCUT2D eigenvalue weighted by Gasteiger charge is 2.09. The molecular formula is C19H14N2. The van der Waals surface area contributed by atoms with Crippen LogP contribution in [0.3, 0.4) is 0 Å². The second kappa shape index (κ2) is 4.91. The molecule has 4 aliphatic rings. The van der Waals surface area contributed by atoms with Crippen LogP contribution in [0.15, 0.2) is 78.9 Å². The van der Waals surface area contributed by atoms with Crippen LogP contribution in [0.4, 0.5) is 11.5 Å². The number of hydrogen-bond donors (Lipinski definition) is 1. The fraction of sp³-hybridized carbons (Fsp3) is 0. The molecule has 0 atom stereocenters. The molecule has 0 fully saturated rings. The van der Waals surface area contributed by atoms with Crippen LogP contribution < -0.4 is 5.32 Å². The number of fused-ring (bicyclic) bond motifs is 2. The Hall–Kier alpha value is -2.87. The van der Waals surface area contributed by atoms with E-state index in [0.717, 1.165) is 22.8 Å².